The number of hydrogen-bond donors (Lipinski definition) is 1. The van der Waals surface area contributed by atoms with Gasteiger partial charge < -0.3 is 5.32 Å². The van der Waals surface area contributed by atoms with Crippen LogP contribution in [0, 0.1) is 19.8 Å². The van der Waals surface area contributed by atoms with Gasteiger partial charge in [-0.2, -0.15) is 0 Å². The normalized spacial score (nSPS) is 15.6. The van der Waals surface area contributed by atoms with Crippen molar-refractivity contribution in [1.29, 1.82) is 0 Å². The molecule has 1 heterocycles. The zero-order chi connectivity index (χ0) is 18.5. The quantitative estimate of drug-likeness (QED) is 0.834. The number of nitrogens with zero attached hydrogens (tertiary/aromatic N) is 1. The predicted octanol–water partition coefficient (Wildman–Crippen LogP) is 3.84. The first-order chi connectivity index (χ1) is 12.5. The Balaban J connectivity index is 1.49. The van der Waals surface area contributed by atoms with Gasteiger partial charge in [-0.3, -0.25) is 14.5 Å². The van der Waals surface area contributed by atoms with Gasteiger partial charge in [0.2, 0.25) is 5.91 Å². The molecule has 1 fully saturated rings. The molecule has 0 atom stereocenters. The van der Waals surface area contributed by atoms with Crippen molar-refractivity contribution < 1.29 is 9.59 Å². The van der Waals surface area contributed by atoms with E-state index in [1.54, 1.807) is 0 Å². The number of Topliss-reactive ketones (excluding diaryl/α,β-unsaturated/α-hetero) is 1. The van der Waals surface area contributed by atoms with E-state index < -0.39 is 0 Å². The van der Waals surface area contributed by atoms with E-state index in [0.717, 1.165) is 42.7 Å². The van der Waals surface area contributed by atoms with E-state index in [-0.39, 0.29) is 17.6 Å². The Morgan fingerprint density at radius 1 is 1.04 bits per heavy atom. The number of amides is 1. The SMILES string of the molecule is Cc1ccc(NC(=O)CN2CCC(C(=O)c3ccccc3)CC2)c(C)c1. The number of carbonyl (C=O) groups is 2. The molecule has 3 rings (SSSR count). The van der Waals surface area contributed by atoms with Gasteiger partial charge in [-0.05, 0) is 51.4 Å². The predicted molar refractivity (Wildman–Crippen MR) is 104 cm³/mol. The van der Waals surface area contributed by atoms with E-state index in [1.807, 2.05) is 56.3 Å². The zero-order valence-corrected chi connectivity index (χ0v) is 15.5. The summed E-state index contributed by atoms with van der Waals surface area (Å²) in [6, 6.07) is 15.5. The van der Waals surface area contributed by atoms with Gasteiger partial charge in [0.1, 0.15) is 0 Å². The van der Waals surface area contributed by atoms with Crippen LogP contribution in [0.3, 0.4) is 0 Å². The molecule has 0 radical (unpaired) electrons. The highest BCUT2D eigenvalue weighted by Crippen LogP contribution is 2.22. The van der Waals surface area contributed by atoms with E-state index in [9.17, 15) is 9.59 Å². The number of hydrogen-bond acceptors (Lipinski definition) is 3. The average Bonchev–Trinajstić information content (AvgIpc) is 2.65. The lowest BCUT2D eigenvalue weighted by atomic mass is 9.89. The average molecular weight is 350 g/mol. The smallest absolute Gasteiger partial charge is 0.238 e. The molecule has 1 saturated heterocycles. The van der Waals surface area contributed by atoms with Gasteiger partial charge in [-0.15, -0.1) is 0 Å². The highest BCUT2D eigenvalue weighted by atomic mass is 16.2. The van der Waals surface area contributed by atoms with E-state index in [4.69, 9.17) is 0 Å². The fourth-order valence-electron chi connectivity index (χ4n) is 3.54. The van der Waals surface area contributed by atoms with Crippen molar-refractivity contribution in [2.45, 2.75) is 26.7 Å². The molecule has 4 nitrogen and oxygen atoms in total. The number of piperidine rings is 1. The van der Waals surface area contributed by atoms with Crippen molar-refractivity contribution in [3.05, 3.63) is 65.2 Å². The lowest BCUT2D eigenvalue weighted by molar-refractivity contribution is -0.117. The van der Waals surface area contributed by atoms with Crippen molar-refractivity contribution in [3.8, 4) is 0 Å². The molecular weight excluding hydrogens is 324 g/mol. The molecule has 1 aliphatic rings. The fraction of sp³-hybridized carbons (Fsp3) is 0.364. The minimum Gasteiger partial charge on any atom is -0.325 e. The van der Waals surface area contributed by atoms with Crippen LogP contribution in [0.4, 0.5) is 5.69 Å². The number of benzene rings is 2. The number of rotatable bonds is 5. The van der Waals surface area contributed by atoms with Gasteiger partial charge in [0.05, 0.1) is 6.54 Å². The van der Waals surface area contributed by atoms with Gasteiger partial charge in [0, 0.05) is 17.2 Å². The van der Waals surface area contributed by atoms with Crippen LogP contribution in [-0.4, -0.2) is 36.2 Å². The first-order valence-corrected chi connectivity index (χ1v) is 9.21. The molecule has 1 aliphatic heterocycles. The summed E-state index contributed by atoms with van der Waals surface area (Å²) in [5.74, 6) is 0.297. The maximum absolute atomic E-state index is 12.5. The molecule has 26 heavy (non-hydrogen) atoms. The first-order valence-electron chi connectivity index (χ1n) is 9.21. The third-order valence-electron chi connectivity index (χ3n) is 5.04. The maximum Gasteiger partial charge on any atom is 0.238 e. The fourth-order valence-corrected chi connectivity index (χ4v) is 3.54. The van der Waals surface area contributed by atoms with E-state index in [2.05, 4.69) is 16.3 Å². The van der Waals surface area contributed by atoms with Crippen molar-refractivity contribution >= 4 is 17.4 Å². The minimum atomic E-state index is 0.00443. The Morgan fingerprint density at radius 3 is 2.38 bits per heavy atom. The topological polar surface area (TPSA) is 49.4 Å². The van der Waals surface area contributed by atoms with Crippen molar-refractivity contribution in [2.75, 3.05) is 25.0 Å². The number of carbonyl (C=O) groups excluding carboxylic acids is 2. The van der Waals surface area contributed by atoms with Crippen LogP contribution >= 0.6 is 0 Å². The Labute approximate surface area is 155 Å². The second kappa shape index (κ2) is 8.28. The third-order valence-corrected chi connectivity index (χ3v) is 5.04. The van der Waals surface area contributed by atoms with Gasteiger partial charge in [-0.25, -0.2) is 0 Å². The monoisotopic (exact) mass is 350 g/mol. The minimum absolute atomic E-state index is 0.00443. The summed E-state index contributed by atoms with van der Waals surface area (Å²) in [5, 5.41) is 3.00. The molecule has 0 aliphatic carbocycles. The molecule has 0 unspecified atom stereocenters. The largest absolute Gasteiger partial charge is 0.325 e. The van der Waals surface area contributed by atoms with Crippen LogP contribution in [0.25, 0.3) is 0 Å². The van der Waals surface area contributed by atoms with Gasteiger partial charge >= 0.3 is 0 Å². The van der Waals surface area contributed by atoms with Crippen LogP contribution < -0.4 is 5.32 Å². The molecule has 2 aromatic rings. The van der Waals surface area contributed by atoms with E-state index in [0.29, 0.717) is 6.54 Å². The van der Waals surface area contributed by atoms with Gasteiger partial charge in [0.25, 0.3) is 0 Å². The van der Waals surface area contributed by atoms with Crippen molar-refractivity contribution in [1.82, 2.24) is 4.90 Å². The summed E-state index contributed by atoms with van der Waals surface area (Å²) in [7, 11) is 0. The Kier molecular flexibility index (Phi) is 5.84. The lowest BCUT2D eigenvalue weighted by Gasteiger charge is -2.30. The Hall–Kier alpha value is -2.46. The first kappa shape index (κ1) is 18.3. The molecule has 1 N–H and O–H groups in total. The lowest BCUT2D eigenvalue weighted by Crippen LogP contribution is -2.40. The van der Waals surface area contributed by atoms with Gasteiger partial charge in [-0.1, -0.05) is 48.0 Å². The summed E-state index contributed by atoms with van der Waals surface area (Å²) in [6.45, 7) is 5.98. The van der Waals surface area contributed by atoms with Crippen molar-refractivity contribution in [3.63, 3.8) is 0 Å². The summed E-state index contributed by atoms with van der Waals surface area (Å²) < 4.78 is 0. The zero-order valence-electron chi connectivity index (χ0n) is 15.5. The number of nitrogens with one attached hydrogen (secondary N) is 1. The molecule has 0 aromatic heterocycles. The van der Waals surface area contributed by atoms with Gasteiger partial charge in [0.15, 0.2) is 5.78 Å². The summed E-state index contributed by atoms with van der Waals surface area (Å²) in [4.78, 5) is 27.0. The van der Waals surface area contributed by atoms with Crippen LogP contribution in [0.5, 0.6) is 0 Å². The van der Waals surface area contributed by atoms with E-state index in [1.165, 1.54) is 5.56 Å². The molecule has 0 spiro atoms. The number of aryl methyl sites for hydroxylation is 2. The summed E-state index contributed by atoms with van der Waals surface area (Å²) in [5.41, 5.74) is 3.92. The second-order valence-corrected chi connectivity index (χ2v) is 7.15. The Morgan fingerprint density at radius 2 is 1.73 bits per heavy atom. The van der Waals surface area contributed by atoms with Crippen LogP contribution in [0.2, 0.25) is 0 Å². The maximum atomic E-state index is 12.5. The molecule has 0 bridgehead atoms. The van der Waals surface area contributed by atoms with Crippen LogP contribution in [-0.2, 0) is 4.79 Å². The molecule has 0 saturated carbocycles. The molecular formula is C22H26N2O2. The third kappa shape index (κ3) is 4.58. The summed E-state index contributed by atoms with van der Waals surface area (Å²) in [6.07, 6.45) is 1.62. The Bertz CT molecular complexity index is 778. The number of anilines is 1. The van der Waals surface area contributed by atoms with Crippen molar-refractivity contribution in [2.24, 2.45) is 5.92 Å². The second-order valence-electron chi connectivity index (χ2n) is 7.15. The molecule has 136 valence electrons. The van der Waals surface area contributed by atoms with E-state index >= 15 is 0 Å². The van der Waals surface area contributed by atoms with Crippen LogP contribution in [0.1, 0.15) is 34.3 Å². The highest BCUT2D eigenvalue weighted by molar-refractivity contribution is 5.98. The molecule has 4 heteroatoms. The highest BCUT2D eigenvalue weighted by Gasteiger charge is 2.26. The molecule has 2 aromatic carbocycles. The number of ketones is 1. The standard InChI is InChI=1S/C22H26N2O2/c1-16-8-9-20(17(2)14-16)23-21(25)15-24-12-10-19(11-13-24)22(26)18-6-4-3-5-7-18/h3-9,14,19H,10-13,15H2,1-2H3,(H,23,25). The molecule has 1 amide bonds. The number of likely N-dealkylation sites (tertiary alicyclic amines) is 1. The summed E-state index contributed by atoms with van der Waals surface area (Å²) >= 11 is 0. The van der Waals surface area contributed by atoms with Crippen LogP contribution in [0.15, 0.2) is 48.5 Å².